The van der Waals surface area contributed by atoms with Gasteiger partial charge in [0.2, 0.25) is 0 Å². The lowest BCUT2D eigenvalue weighted by Crippen LogP contribution is -2.28. The van der Waals surface area contributed by atoms with E-state index in [1.54, 1.807) is 0 Å². The molecule has 1 heterocycles. The molecule has 0 aromatic heterocycles. The summed E-state index contributed by atoms with van der Waals surface area (Å²) < 4.78 is 4.63. The van der Waals surface area contributed by atoms with E-state index in [1.807, 2.05) is 6.92 Å². The van der Waals surface area contributed by atoms with Crippen molar-refractivity contribution in [2.24, 2.45) is 5.92 Å². The predicted molar refractivity (Wildman–Crippen MR) is 37.6 cm³/mol. The molecule has 1 fully saturated rings. The molecule has 0 bridgehead atoms. The molecule has 0 unspecified atom stereocenters. The molecule has 0 spiro atoms. The van der Waals surface area contributed by atoms with Gasteiger partial charge >= 0.3 is 5.97 Å². The van der Waals surface area contributed by atoms with Gasteiger partial charge in [0, 0.05) is 6.04 Å². The first-order valence-electron chi connectivity index (χ1n) is 3.57. The highest BCUT2D eigenvalue weighted by atomic mass is 16.5. The van der Waals surface area contributed by atoms with Gasteiger partial charge in [0.25, 0.3) is 0 Å². The maximum absolute atomic E-state index is 11.0. The maximum atomic E-state index is 11.0. The fourth-order valence-corrected chi connectivity index (χ4v) is 1.33. The van der Waals surface area contributed by atoms with Gasteiger partial charge in [0.1, 0.15) is 0 Å². The van der Waals surface area contributed by atoms with E-state index in [-0.39, 0.29) is 17.9 Å². The van der Waals surface area contributed by atoms with Gasteiger partial charge in [-0.05, 0) is 19.9 Å². The Bertz CT molecular complexity index is 136. The largest absolute Gasteiger partial charge is 0.469 e. The molecule has 3 nitrogen and oxygen atoms in total. The number of hydrogen-bond acceptors (Lipinski definition) is 3. The van der Waals surface area contributed by atoms with Crippen LogP contribution < -0.4 is 5.32 Å². The number of carbonyl (C=O) groups is 1. The van der Waals surface area contributed by atoms with Crippen LogP contribution in [0.1, 0.15) is 13.3 Å². The highest BCUT2D eigenvalue weighted by Gasteiger charge is 2.29. The minimum absolute atomic E-state index is 0.0741. The summed E-state index contributed by atoms with van der Waals surface area (Å²) in [5.41, 5.74) is 0. The third-order valence-corrected chi connectivity index (χ3v) is 2.03. The van der Waals surface area contributed by atoms with Crippen molar-refractivity contribution in [2.45, 2.75) is 19.4 Å². The molecule has 2 atom stereocenters. The number of ether oxygens (including phenoxy) is 1. The zero-order chi connectivity index (χ0) is 7.56. The molecule has 1 saturated heterocycles. The molecule has 3 heteroatoms. The van der Waals surface area contributed by atoms with E-state index in [0.717, 1.165) is 13.0 Å². The second-order valence-corrected chi connectivity index (χ2v) is 2.66. The van der Waals surface area contributed by atoms with Crippen LogP contribution in [0, 0.1) is 5.92 Å². The van der Waals surface area contributed by atoms with E-state index in [0.29, 0.717) is 0 Å². The Labute approximate surface area is 60.7 Å². The quantitative estimate of drug-likeness (QED) is 0.531. The molecule has 0 amide bonds. The van der Waals surface area contributed by atoms with Crippen LogP contribution >= 0.6 is 0 Å². The lowest BCUT2D eigenvalue weighted by atomic mass is 10.0. The third-order valence-electron chi connectivity index (χ3n) is 2.03. The highest BCUT2D eigenvalue weighted by Crippen LogP contribution is 2.15. The zero-order valence-corrected chi connectivity index (χ0v) is 6.39. The molecule has 0 aromatic carbocycles. The van der Waals surface area contributed by atoms with Crippen molar-refractivity contribution < 1.29 is 9.53 Å². The number of hydrogen-bond donors (Lipinski definition) is 1. The van der Waals surface area contributed by atoms with Crippen molar-refractivity contribution in [1.29, 1.82) is 0 Å². The van der Waals surface area contributed by atoms with Crippen LogP contribution in [-0.4, -0.2) is 25.7 Å². The van der Waals surface area contributed by atoms with Crippen molar-refractivity contribution in [2.75, 3.05) is 13.7 Å². The normalized spacial score (nSPS) is 32.2. The van der Waals surface area contributed by atoms with Gasteiger partial charge in [0.05, 0.1) is 13.0 Å². The average molecular weight is 143 g/mol. The maximum Gasteiger partial charge on any atom is 0.310 e. The number of nitrogens with one attached hydrogen (secondary N) is 1. The molecule has 0 radical (unpaired) electrons. The Balaban J connectivity index is 2.46. The van der Waals surface area contributed by atoms with Gasteiger partial charge in [0.15, 0.2) is 0 Å². The standard InChI is InChI=1S/C7H13NO2/c1-5-6(3-4-8-5)7(9)10-2/h5-6,8H,3-4H2,1-2H3/t5-,6+/m1/s1. The number of methoxy groups -OCH3 is 1. The highest BCUT2D eigenvalue weighted by molar-refractivity contribution is 5.73. The van der Waals surface area contributed by atoms with Gasteiger partial charge in [-0.15, -0.1) is 0 Å². The van der Waals surface area contributed by atoms with Crippen LogP contribution in [-0.2, 0) is 9.53 Å². The molecule has 0 aliphatic carbocycles. The van der Waals surface area contributed by atoms with Crippen LogP contribution in [0.5, 0.6) is 0 Å². The predicted octanol–water partition coefficient (Wildman–Crippen LogP) is 0.157. The van der Waals surface area contributed by atoms with E-state index >= 15 is 0 Å². The molecule has 1 rings (SSSR count). The van der Waals surface area contributed by atoms with Gasteiger partial charge in [-0.3, -0.25) is 4.79 Å². The molecule has 58 valence electrons. The van der Waals surface area contributed by atoms with Gasteiger partial charge < -0.3 is 10.1 Å². The Kier molecular flexibility index (Phi) is 2.27. The van der Waals surface area contributed by atoms with Crippen molar-refractivity contribution >= 4 is 5.97 Å². The van der Waals surface area contributed by atoms with Gasteiger partial charge in [-0.25, -0.2) is 0 Å². The SMILES string of the molecule is COC(=O)[C@H]1CCN[C@@H]1C. The fourth-order valence-electron chi connectivity index (χ4n) is 1.33. The molecule has 0 saturated carbocycles. The Morgan fingerprint density at radius 1 is 1.70 bits per heavy atom. The van der Waals surface area contributed by atoms with Crippen LogP contribution in [0.2, 0.25) is 0 Å². The second kappa shape index (κ2) is 3.01. The summed E-state index contributed by atoms with van der Waals surface area (Å²) in [7, 11) is 1.44. The van der Waals surface area contributed by atoms with Crippen LogP contribution in [0.25, 0.3) is 0 Å². The summed E-state index contributed by atoms with van der Waals surface area (Å²) in [6.07, 6.45) is 0.911. The van der Waals surface area contributed by atoms with Crippen molar-refractivity contribution in [3.8, 4) is 0 Å². The van der Waals surface area contributed by atoms with Gasteiger partial charge in [-0.1, -0.05) is 0 Å². The third kappa shape index (κ3) is 1.29. The van der Waals surface area contributed by atoms with E-state index in [4.69, 9.17) is 0 Å². The van der Waals surface area contributed by atoms with E-state index in [9.17, 15) is 4.79 Å². The summed E-state index contributed by atoms with van der Waals surface area (Å²) in [5.74, 6) is -0.0116. The lowest BCUT2D eigenvalue weighted by molar-refractivity contribution is -0.145. The van der Waals surface area contributed by atoms with Crippen molar-refractivity contribution in [3.05, 3.63) is 0 Å². The van der Waals surface area contributed by atoms with Crippen LogP contribution in [0.3, 0.4) is 0 Å². The summed E-state index contributed by atoms with van der Waals surface area (Å²) in [4.78, 5) is 11.0. The average Bonchev–Trinajstić information content (AvgIpc) is 2.34. The van der Waals surface area contributed by atoms with Crippen molar-refractivity contribution in [1.82, 2.24) is 5.32 Å². The summed E-state index contributed by atoms with van der Waals surface area (Å²) in [6, 6.07) is 0.285. The molecule has 1 aliphatic rings. The lowest BCUT2D eigenvalue weighted by Gasteiger charge is -2.10. The van der Waals surface area contributed by atoms with Crippen LogP contribution in [0.4, 0.5) is 0 Å². The first-order chi connectivity index (χ1) is 4.75. The molecule has 1 aliphatic heterocycles. The Hall–Kier alpha value is -0.570. The minimum Gasteiger partial charge on any atom is -0.469 e. The molecule has 10 heavy (non-hydrogen) atoms. The minimum atomic E-state index is -0.0856. The first-order valence-corrected chi connectivity index (χ1v) is 3.57. The smallest absolute Gasteiger partial charge is 0.310 e. The Morgan fingerprint density at radius 2 is 2.40 bits per heavy atom. The number of rotatable bonds is 1. The van der Waals surface area contributed by atoms with Crippen LogP contribution in [0.15, 0.2) is 0 Å². The first kappa shape index (κ1) is 7.54. The second-order valence-electron chi connectivity index (χ2n) is 2.66. The van der Waals surface area contributed by atoms with Crippen molar-refractivity contribution in [3.63, 3.8) is 0 Å². The van der Waals surface area contributed by atoms with Gasteiger partial charge in [-0.2, -0.15) is 0 Å². The molecular weight excluding hydrogens is 130 g/mol. The summed E-state index contributed by atoms with van der Waals surface area (Å²) in [6.45, 7) is 2.94. The fraction of sp³-hybridized carbons (Fsp3) is 0.857. The molecule has 1 N–H and O–H groups in total. The van der Waals surface area contributed by atoms with E-state index < -0.39 is 0 Å². The zero-order valence-electron chi connectivity index (χ0n) is 6.39. The summed E-state index contributed by atoms with van der Waals surface area (Å²) >= 11 is 0. The molecule has 0 aromatic rings. The Morgan fingerprint density at radius 3 is 2.80 bits per heavy atom. The van der Waals surface area contributed by atoms with E-state index in [1.165, 1.54) is 7.11 Å². The van der Waals surface area contributed by atoms with E-state index in [2.05, 4.69) is 10.1 Å². The summed E-state index contributed by atoms with van der Waals surface area (Å²) in [5, 5.41) is 3.18. The number of esters is 1. The number of carbonyl (C=O) groups excluding carboxylic acids is 1. The topological polar surface area (TPSA) is 38.3 Å². The molecular formula is C7H13NO2. The monoisotopic (exact) mass is 143 g/mol.